The smallest absolute Gasteiger partial charge is 0.343 e. The van der Waals surface area contributed by atoms with E-state index < -0.39 is 34.8 Å². The summed E-state index contributed by atoms with van der Waals surface area (Å²) in [4.78, 5) is 37.3. The molecule has 0 saturated carbocycles. The topological polar surface area (TPSA) is 132 Å². The van der Waals surface area contributed by atoms with E-state index in [1.165, 1.54) is 13.2 Å². The highest BCUT2D eigenvalue weighted by molar-refractivity contribution is 5.96. The number of phenols is 2. The Morgan fingerprint density at radius 2 is 1.75 bits per heavy atom. The molecule has 1 unspecified atom stereocenters. The van der Waals surface area contributed by atoms with Gasteiger partial charge in [-0.05, 0) is 6.07 Å². The third-order valence-corrected chi connectivity index (χ3v) is 5.97. The molecule has 9 heteroatoms. The van der Waals surface area contributed by atoms with Gasteiger partial charge in [0.25, 0.3) is 0 Å². The number of rotatable bonds is 5. The molecule has 1 aliphatic rings. The third-order valence-electron chi connectivity index (χ3n) is 5.97. The molecule has 0 bridgehead atoms. The summed E-state index contributed by atoms with van der Waals surface area (Å²) in [5.41, 5.74) is 0.676. The molecule has 5 rings (SSSR count). The van der Waals surface area contributed by atoms with Crippen molar-refractivity contribution < 1.29 is 38.4 Å². The lowest BCUT2D eigenvalue weighted by Gasteiger charge is -2.27. The molecule has 0 saturated heterocycles. The van der Waals surface area contributed by atoms with Gasteiger partial charge in [-0.15, -0.1) is 0 Å². The lowest BCUT2D eigenvalue weighted by atomic mass is 9.84. The van der Waals surface area contributed by atoms with Crippen LogP contribution < -0.4 is 14.9 Å². The van der Waals surface area contributed by atoms with E-state index >= 15 is 0 Å². The Kier molecular flexibility index (Phi) is 5.81. The van der Waals surface area contributed by atoms with Crippen LogP contribution in [-0.4, -0.2) is 35.9 Å². The second-order valence-corrected chi connectivity index (χ2v) is 8.12. The second kappa shape index (κ2) is 9.10. The summed E-state index contributed by atoms with van der Waals surface area (Å²) in [5.74, 6) is -3.35. The van der Waals surface area contributed by atoms with Crippen molar-refractivity contribution in [2.24, 2.45) is 0 Å². The van der Waals surface area contributed by atoms with Gasteiger partial charge >= 0.3 is 11.9 Å². The number of para-hydroxylation sites is 1. The highest BCUT2D eigenvalue weighted by Gasteiger charge is 2.38. The first-order valence-corrected chi connectivity index (χ1v) is 11.0. The molecule has 2 N–H and O–H groups in total. The van der Waals surface area contributed by atoms with Crippen molar-refractivity contribution in [1.29, 1.82) is 0 Å². The van der Waals surface area contributed by atoms with Crippen LogP contribution in [0.1, 0.15) is 23.5 Å². The monoisotopic (exact) mass is 488 g/mol. The fourth-order valence-corrected chi connectivity index (χ4v) is 4.31. The quantitative estimate of drug-likeness (QED) is 0.244. The fraction of sp³-hybridized carbons (Fsp3) is 0.148. The van der Waals surface area contributed by atoms with Crippen LogP contribution in [0.5, 0.6) is 23.0 Å². The van der Waals surface area contributed by atoms with Crippen LogP contribution in [0.4, 0.5) is 0 Å². The fourth-order valence-electron chi connectivity index (χ4n) is 4.31. The average molecular weight is 488 g/mol. The molecule has 0 amide bonds. The maximum atomic E-state index is 13.1. The van der Waals surface area contributed by atoms with Gasteiger partial charge in [0.05, 0.1) is 19.1 Å². The number of hydrogen-bond donors (Lipinski definition) is 2. The number of carbonyl (C=O) groups is 2. The summed E-state index contributed by atoms with van der Waals surface area (Å²) in [5, 5.41) is 21.1. The van der Waals surface area contributed by atoms with Crippen molar-refractivity contribution in [1.82, 2.24) is 0 Å². The Labute approximate surface area is 204 Å². The molecule has 3 aromatic carbocycles. The molecule has 1 aromatic heterocycles. The number of fused-ring (bicyclic) bond motifs is 3. The standard InChI is InChI=1S/C27H20O9/c1-33-21(30)13-34-18-10-6-5-9-15(18)16-11-20(29)36-27-22(16)26-23(24(31)25(27)32)17(28)12-19(35-26)14-7-3-2-4-8-14/h2-10,12,16,31-32H,11,13H2,1H3. The van der Waals surface area contributed by atoms with Crippen LogP contribution in [0.2, 0.25) is 0 Å². The van der Waals surface area contributed by atoms with E-state index in [2.05, 4.69) is 4.74 Å². The number of phenolic OH excluding ortho intramolecular Hbond substituents is 2. The number of esters is 2. The Morgan fingerprint density at radius 1 is 1.03 bits per heavy atom. The minimum absolute atomic E-state index is 0.0353. The molecule has 0 aliphatic carbocycles. The molecule has 0 spiro atoms. The zero-order chi connectivity index (χ0) is 25.4. The van der Waals surface area contributed by atoms with Crippen LogP contribution in [0.15, 0.2) is 69.9 Å². The van der Waals surface area contributed by atoms with Crippen molar-refractivity contribution in [3.8, 4) is 34.3 Å². The summed E-state index contributed by atoms with van der Waals surface area (Å²) in [6.45, 7) is -0.369. The van der Waals surface area contributed by atoms with Crippen molar-refractivity contribution in [2.45, 2.75) is 12.3 Å². The van der Waals surface area contributed by atoms with Gasteiger partial charge in [-0.2, -0.15) is 0 Å². The first-order chi connectivity index (χ1) is 17.4. The van der Waals surface area contributed by atoms with E-state index in [9.17, 15) is 24.6 Å². The molecule has 182 valence electrons. The van der Waals surface area contributed by atoms with Crippen molar-refractivity contribution >= 4 is 22.9 Å². The molecular weight excluding hydrogens is 468 g/mol. The first kappa shape index (κ1) is 23.0. The lowest BCUT2D eigenvalue weighted by molar-refractivity contribution is -0.143. The Bertz CT molecular complexity index is 1550. The van der Waals surface area contributed by atoms with Gasteiger partial charge in [0.2, 0.25) is 5.75 Å². The van der Waals surface area contributed by atoms with Gasteiger partial charge in [0, 0.05) is 23.1 Å². The predicted molar refractivity (Wildman–Crippen MR) is 127 cm³/mol. The van der Waals surface area contributed by atoms with Crippen LogP contribution in [0.25, 0.3) is 22.3 Å². The number of ether oxygens (including phenoxy) is 3. The first-order valence-electron chi connectivity index (χ1n) is 11.0. The summed E-state index contributed by atoms with van der Waals surface area (Å²) in [6, 6.07) is 16.8. The number of methoxy groups -OCH3 is 1. The van der Waals surface area contributed by atoms with Gasteiger partial charge in [0.1, 0.15) is 22.5 Å². The summed E-state index contributed by atoms with van der Waals surface area (Å²) >= 11 is 0. The Morgan fingerprint density at radius 3 is 2.50 bits per heavy atom. The number of benzene rings is 3. The lowest BCUT2D eigenvalue weighted by Crippen LogP contribution is -2.23. The molecule has 0 radical (unpaired) electrons. The van der Waals surface area contributed by atoms with Crippen LogP contribution >= 0.6 is 0 Å². The minimum atomic E-state index is -0.793. The van der Waals surface area contributed by atoms with Crippen molar-refractivity contribution in [3.05, 3.63) is 82.0 Å². The maximum Gasteiger partial charge on any atom is 0.343 e. The molecule has 9 nitrogen and oxygen atoms in total. The van der Waals surface area contributed by atoms with E-state index in [4.69, 9.17) is 13.9 Å². The zero-order valence-electron chi connectivity index (χ0n) is 19.0. The SMILES string of the molecule is COC(=O)COc1ccccc1C1CC(=O)Oc2c(O)c(O)c3c(=O)cc(-c4ccccc4)oc3c21. The van der Waals surface area contributed by atoms with E-state index in [1.807, 2.05) is 6.07 Å². The molecule has 1 atom stereocenters. The highest BCUT2D eigenvalue weighted by Crippen LogP contribution is 2.53. The van der Waals surface area contributed by atoms with Crippen molar-refractivity contribution in [2.75, 3.05) is 13.7 Å². The third kappa shape index (κ3) is 3.90. The average Bonchev–Trinajstić information content (AvgIpc) is 2.90. The number of carbonyl (C=O) groups excluding carboxylic acids is 2. The van der Waals surface area contributed by atoms with E-state index in [1.54, 1.807) is 48.5 Å². The Balaban J connectivity index is 1.78. The summed E-state index contributed by atoms with van der Waals surface area (Å²) in [6.07, 6.45) is -0.176. The van der Waals surface area contributed by atoms with Crippen LogP contribution in [0.3, 0.4) is 0 Å². The van der Waals surface area contributed by atoms with Crippen LogP contribution in [0, 0.1) is 0 Å². The normalized spacial score (nSPS) is 14.7. The summed E-state index contributed by atoms with van der Waals surface area (Å²) < 4.78 is 21.7. The largest absolute Gasteiger partial charge is 0.504 e. The van der Waals surface area contributed by atoms with E-state index in [0.717, 1.165) is 0 Å². The van der Waals surface area contributed by atoms with Gasteiger partial charge in [-0.1, -0.05) is 48.5 Å². The van der Waals surface area contributed by atoms with Crippen LogP contribution in [-0.2, 0) is 14.3 Å². The highest BCUT2D eigenvalue weighted by atomic mass is 16.6. The van der Waals surface area contributed by atoms with Gasteiger partial charge < -0.3 is 28.8 Å². The molecule has 36 heavy (non-hydrogen) atoms. The maximum absolute atomic E-state index is 13.1. The predicted octanol–water partition coefficient (Wildman–Crippen LogP) is 3.86. The molecule has 4 aromatic rings. The number of aromatic hydroxyl groups is 2. The molecule has 2 heterocycles. The van der Waals surface area contributed by atoms with Gasteiger partial charge in [0.15, 0.2) is 23.5 Å². The summed E-state index contributed by atoms with van der Waals surface area (Å²) in [7, 11) is 1.23. The van der Waals surface area contributed by atoms with Crippen molar-refractivity contribution in [3.63, 3.8) is 0 Å². The molecular formula is C27H20O9. The minimum Gasteiger partial charge on any atom is -0.504 e. The Hall–Kier alpha value is -4.79. The van der Waals surface area contributed by atoms with Gasteiger partial charge in [-0.25, -0.2) is 4.79 Å². The second-order valence-electron chi connectivity index (χ2n) is 8.12. The zero-order valence-corrected chi connectivity index (χ0v) is 19.0. The molecule has 1 aliphatic heterocycles. The molecule has 0 fully saturated rings. The van der Waals surface area contributed by atoms with Gasteiger partial charge in [-0.3, -0.25) is 9.59 Å². The number of hydrogen-bond acceptors (Lipinski definition) is 9. The van der Waals surface area contributed by atoms with E-state index in [-0.39, 0.29) is 46.8 Å². The van der Waals surface area contributed by atoms with E-state index in [0.29, 0.717) is 11.1 Å².